The fraction of sp³-hybridized carbons (Fsp3) is 0. The van der Waals surface area contributed by atoms with Crippen LogP contribution in [0.4, 0.5) is 0 Å². The Bertz CT molecular complexity index is 2920. The van der Waals surface area contributed by atoms with Crippen LogP contribution in [0.5, 0.6) is 0 Å². The van der Waals surface area contributed by atoms with Crippen LogP contribution in [0.25, 0.3) is 98.4 Å². The first-order valence-corrected chi connectivity index (χ1v) is 15.3. The zero-order valence-electron chi connectivity index (χ0n) is 23.8. The Hall–Kier alpha value is -5.86. The number of aromatic nitrogens is 2. The summed E-state index contributed by atoms with van der Waals surface area (Å²) < 4.78 is 4.93. The molecule has 0 atom stereocenters. The minimum absolute atomic E-state index is 1.24. The topological polar surface area (TPSA) is 8.82 Å². The van der Waals surface area contributed by atoms with Crippen LogP contribution in [0.15, 0.2) is 146 Å². The van der Waals surface area contributed by atoms with E-state index in [1.165, 1.54) is 98.4 Å². The van der Waals surface area contributed by atoms with Gasteiger partial charge in [0.1, 0.15) is 0 Å². The van der Waals surface area contributed by atoms with Crippen molar-refractivity contribution in [2.75, 3.05) is 0 Å². The second-order valence-electron chi connectivity index (χ2n) is 12.2. The van der Waals surface area contributed by atoms with Crippen molar-refractivity contribution >= 4 is 76.2 Å². The molecule has 4 aromatic heterocycles. The molecule has 2 heteroatoms. The Morgan fingerprint density at radius 3 is 1.36 bits per heavy atom. The van der Waals surface area contributed by atoms with Gasteiger partial charge in [0, 0.05) is 43.1 Å². The highest BCUT2D eigenvalue weighted by atomic mass is 14.9. The van der Waals surface area contributed by atoms with E-state index in [9.17, 15) is 0 Å². The molecule has 2 nitrogen and oxygen atoms in total. The number of para-hydroxylation sites is 3. The van der Waals surface area contributed by atoms with E-state index in [1.807, 2.05) is 0 Å². The molecule has 0 radical (unpaired) electrons. The van der Waals surface area contributed by atoms with Gasteiger partial charge in [-0.25, -0.2) is 0 Å². The lowest BCUT2D eigenvalue weighted by Gasteiger charge is -2.06. The van der Waals surface area contributed by atoms with Gasteiger partial charge in [-0.15, -0.1) is 0 Å². The number of fused-ring (bicyclic) bond motifs is 12. The van der Waals surface area contributed by atoms with Crippen LogP contribution in [0.2, 0.25) is 0 Å². The summed E-state index contributed by atoms with van der Waals surface area (Å²) in [5, 5.41) is 10.5. The van der Waals surface area contributed by atoms with Gasteiger partial charge < -0.3 is 8.80 Å². The molecular formula is C42H24N2. The molecule has 7 aromatic carbocycles. The second kappa shape index (κ2) is 7.94. The highest BCUT2D eigenvalue weighted by molar-refractivity contribution is 6.25. The monoisotopic (exact) mass is 556 g/mol. The van der Waals surface area contributed by atoms with Crippen molar-refractivity contribution in [1.29, 1.82) is 0 Å². The standard InChI is InChI=1S/C42H24N2/c1-2-8-25(9-3-1)28-16-19-30-32-12-7-14-34-36-23-27(18-21-39(36)44(42(32)34)40(30)24-28)26-17-20-38-35(22-26)33-13-6-11-31-29-10-4-5-15-37(29)43(38)41(31)33/h1-24H. The minimum Gasteiger partial charge on any atom is -0.308 e. The van der Waals surface area contributed by atoms with Gasteiger partial charge in [0.2, 0.25) is 0 Å². The van der Waals surface area contributed by atoms with Crippen LogP contribution < -0.4 is 0 Å². The SMILES string of the molecule is c1ccc(-c2ccc3c4cccc5c6cc(-c7ccc8c(c7)c7cccc9c%10ccccc%10n8c97)ccc6n(c3c2)c54)cc1. The molecule has 0 spiro atoms. The summed E-state index contributed by atoms with van der Waals surface area (Å²) in [6.07, 6.45) is 0. The summed E-state index contributed by atoms with van der Waals surface area (Å²) in [6.45, 7) is 0. The third kappa shape index (κ3) is 2.72. The Morgan fingerprint density at radius 1 is 0.250 bits per heavy atom. The third-order valence-corrected chi connectivity index (χ3v) is 9.98. The number of hydrogen-bond acceptors (Lipinski definition) is 0. The molecule has 11 aromatic rings. The van der Waals surface area contributed by atoms with Crippen LogP contribution in [0, 0.1) is 0 Å². The van der Waals surface area contributed by atoms with E-state index in [0.717, 1.165) is 0 Å². The molecule has 0 amide bonds. The molecule has 0 aliphatic heterocycles. The van der Waals surface area contributed by atoms with E-state index >= 15 is 0 Å². The van der Waals surface area contributed by atoms with E-state index in [2.05, 4.69) is 154 Å². The molecule has 202 valence electrons. The van der Waals surface area contributed by atoms with Crippen LogP contribution in [0.1, 0.15) is 0 Å². The first kappa shape index (κ1) is 22.7. The van der Waals surface area contributed by atoms with Crippen molar-refractivity contribution in [2.45, 2.75) is 0 Å². The van der Waals surface area contributed by atoms with Gasteiger partial charge in [0.05, 0.1) is 33.1 Å². The van der Waals surface area contributed by atoms with Gasteiger partial charge in [-0.1, -0.05) is 109 Å². The number of hydrogen-bond donors (Lipinski definition) is 0. The molecule has 0 N–H and O–H groups in total. The van der Waals surface area contributed by atoms with Crippen LogP contribution in [-0.4, -0.2) is 8.80 Å². The molecule has 0 fully saturated rings. The summed E-state index contributed by atoms with van der Waals surface area (Å²) in [5.41, 5.74) is 12.7. The van der Waals surface area contributed by atoms with Crippen LogP contribution >= 0.6 is 0 Å². The minimum atomic E-state index is 1.24. The van der Waals surface area contributed by atoms with Crippen molar-refractivity contribution in [2.24, 2.45) is 0 Å². The van der Waals surface area contributed by atoms with Gasteiger partial charge in [-0.05, 0) is 58.7 Å². The number of rotatable bonds is 2. The molecule has 0 aliphatic rings. The molecule has 0 unspecified atom stereocenters. The number of nitrogens with zero attached hydrogens (tertiary/aromatic N) is 2. The highest BCUT2D eigenvalue weighted by Crippen LogP contribution is 2.43. The van der Waals surface area contributed by atoms with E-state index < -0.39 is 0 Å². The zero-order chi connectivity index (χ0) is 28.5. The van der Waals surface area contributed by atoms with Crippen molar-refractivity contribution in [3.63, 3.8) is 0 Å². The van der Waals surface area contributed by atoms with Gasteiger partial charge >= 0.3 is 0 Å². The average molecular weight is 557 g/mol. The average Bonchev–Trinajstić information content (AvgIpc) is 3.81. The van der Waals surface area contributed by atoms with Crippen molar-refractivity contribution in [1.82, 2.24) is 8.80 Å². The summed E-state index contributed by atoms with van der Waals surface area (Å²) in [6, 6.07) is 53.9. The molecule has 0 saturated carbocycles. The maximum Gasteiger partial charge on any atom is 0.0620 e. The summed E-state index contributed by atoms with van der Waals surface area (Å²) in [7, 11) is 0. The van der Waals surface area contributed by atoms with E-state index in [-0.39, 0.29) is 0 Å². The predicted molar refractivity (Wildman–Crippen MR) is 187 cm³/mol. The lowest BCUT2D eigenvalue weighted by molar-refractivity contribution is 1.37. The normalized spacial score (nSPS) is 12.5. The molecule has 0 aliphatic carbocycles. The van der Waals surface area contributed by atoms with E-state index in [0.29, 0.717) is 0 Å². The van der Waals surface area contributed by atoms with Crippen molar-refractivity contribution in [3.8, 4) is 22.3 Å². The molecule has 0 bridgehead atoms. The second-order valence-corrected chi connectivity index (χ2v) is 12.2. The third-order valence-electron chi connectivity index (χ3n) is 9.98. The summed E-state index contributed by atoms with van der Waals surface area (Å²) in [4.78, 5) is 0. The van der Waals surface area contributed by atoms with Crippen molar-refractivity contribution < 1.29 is 0 Å². The maximum atomic E-state index is 2.48. The Morgan fingerprint density at radius 2 is 0.705 bits per heavy atom. The summed E-state index contributed by atoms with van der Waals surface area (Å²) in [5.74, 6) is 0. The van der Waals surface area contributed by atoms with Gasteiger partial charge in [0.25, 0.3) is 0 Å². The van der Waals surface area contributed by atoms with E-state index in [1.54, 1.807) is 0 Å². The van der Waals surface area contributed by atoms with Gasteiger partial charge in [-0.3, -0.25) is 0 Å². The van der Waals surface area contributed by atoms with Gasteiger partial charge in [0.15, 0.2) is 0 Å². The van der Waals surface area contributed by atoms with Crippen LogP contribution in [0.3, 0.4) is 0 Å². The Labute approximate surface area is 252 Å². The van der Waals surface area contributed by atoms with E-state index in [4.69, 9.17) is 0 Å². The smallest absolute Gasteiger partial charge is 0.0620 e. The van der Waals surface area contributed by atoms with Gasteiger partial charge in [-0.2, -0.15) is 0 Å². The number of benzene rings is 7. The highest BCUT2D eigenvalue weighted by Gasteiger charge is 2.20. The van der Waals surface area contributed by atoms with Crippen molar-refractivity contribution in [3.05, 3.63) is 146 Å². The first-order valence-electron chi connectivity index (χ1n) is 15.3. The molecule has 11 rings (SSSR count). The molecular weight excluding hydrogens is 532 g/mol. The fourth-order valence-electron chi connectivity index (χ4n) is 8.08. The molecule has 0 saturated heterocycles. The molecule has 44 heavy (non-hydrogen) atoms. The first-order chi connectivity index (χ1) is 21.8. The maximum absolute atomic E-state index is 2.48. The lowest BCUT2D eigenvalue weighted by Crippen LogP contribution is -1.84. The fourth-order valence-corrected chi connectivity index (χ4v) is 8.08. The van der Waals surface area contributed by atoms with Crippen LogP contribution in [-0.2, 0) is 0 Å². The Kier molecular flexibility index (Phi) is 4.10. The lowest BCUT2D eigenvalue weighted by atomic mass is 9.99. The zero-order valence-corrected chi connectivity index (χ0v) is 23.8. The summed E-state index contributed by atoms with van der Waals surface area (Å²) >= 11 is 0. The Balaban J connectivity index is 1.16. The molecule has 4 heterocycles. The predicted octanol–water partition coefficient (Wildman–Crippen LogP) is 11.3. The quantitative estimate of drug-likeness (QED) is 0.200. The largest absolute Gasteiger partial charge is 0.308 e.